The van der Waals surface area contributed by atoms with E-state index in [4.69, 9.17) is 9.47 Å². The summed E-state index contributed by atoms with van der Waals surface area (Å²) in [6.45, 7) is 8.92. The van der Waals surface area contributed by atoms with Crippen LogP contribution in [-0.2, 0) is 9.47 Å². The highest BCUT2D eigenvalue weighted by molar-refractivity contribution is 4.82. The van der Waals surface area contributed by atoms with Crippen molar-refractivity contribution >= 4 is 0 Å². The van der Waals surface area contributed by atoms with Gasteiger partial charge in [0.15, 0.2) is 0 Å². The molecular weight excluding hydrogens is 152 g/mol. The van der Waals surface area contributed by atoms with Gasteiger partial charge in [0.05, 0.1) is 12.7 Å². The standard InChI is InChI=1S/C10H20O2/c1-5-7-11-8-10(4)12-9(3)6-2/h8-9H,5-7H2,1-4H3/b10-8-. The molecule has 0 aromatic rings. The predicted octanol–water partition coefficient (Wildman–Crippen LogP) is 3.09. The highest BCUT2D eigenvalue weighted by Crippen LogP contribution is 2.04. The van der Waals surface area contributed by atoms with Gasteiger partial charge < -0.3 is 9.47 Å². The van der Waals surface area contributed by atoms with Gasteiger partial charge in [-0.3, -0.25) is 0 Å². The van der Waals surface area contributed by atoms with E-state index in [1.807, 2.05) is 6.92 Å². The molecule has 1 atom stereocenters. The molecule has 2 heteroatoms. The molecule has 0 amide bonds. The Balaban J connectivity index is 3.54. The second-order valence-electron chi connectivity index (χ2n) is 2.94. The first-order valence-electron chi connectivity index (χ1n) is 4.65. The number of hydrogen-bond acceptors (Lipinski definition) is 2. The minimum Gasteiger partial charge on any atom is -0.498 e. The van der Waals surface area contributed by atoms with E-state index in [-0.39, 0.29) is 6.10 Å². The van der Waals surface area contributed by atoms with E-state index in [1.54, 1.807) is 6.26 Å². The molecule has 0 fully saturated rings. The Kier molecular flexibility index (Phi) is 6.63. The van der Waals surface area contributed by atoms with Crippen LogP contribution >= 0.6 is 0 Å². The van der Waals surface area contributed by atoms with Gasteiger partial charge in [-0.25, -0.2) is 0 Å². The molecule has 0 N–H and O–H groups in total. The molecule has 0 saturated heterocycles. The Bertz CT molecular complexity index is 130. The maximum atomic E-state index is 5.48. The van der Waals surface area contributed by atoms with Crippen molar-refractivity contribution in [3.05, 3.63) is 12.0 Å². The molecule has 0 radical (unpaired) electrons. The van der Waals surface area contributed by atoms with E-state index in [0.717, 1.165) is 25.2 Å². The Labute approximate surface area is 75.6 Å². The topological polar surface area (TPSA) is 18.5 Å². The Morgan fingerprint density at radius 3 is 2.58 bits per heavy atom. The average Bonchev–Trinajstić information content (AvgIpc) is 2.05. The van der Waals surface area contributed by atoms with Gasteiger partial charge in [0.1, 0.15) is 12.0 Å². The third-order valence-corrected chi connectivity index (χ3v) is 1.53. The maximum Gasteiger partial charge on any atom is 0.128 e. The molecule has 0 aliphatic rings. The lowest BCUT2D eigenvalue weighted by Gasteiger charge is -2.12. The number of allylic oxidation sites excluding steroid dienone is 1. The highest BCUT2D eigenvalue weighted by atomic mass is 16.5. The van der Waals surface area contributed by atoms with E-state index in [0.29, 0.717) is 0 Å². The van der Waals surface area contributed by atoms with E-state index in [9.17, 15) is 0 Å². The Morgan fingerprint density at radius 1 is 1.42 bits per heavy atom. The summed E-state index contributed by atoms with van der Waals surface area (Å²) in [6.07, 6.45) is 4.04. The van der Waals surface area contributed by atoms with Gasteiger partial charge >= 0.3 is 0 Å². The third-order valence-electron chi connectivity index (χ3n) is 1.53. The van der Waals surface area contributed by atoms with Crippen molar-refractivity contribution in [2.24, 2.45) is 0 Å². The SMILES string of the molecule is CCCO/C=C(/C)OC(C)CC. The van der Waals surface area contributed by atoms with Crippen molar-refractivity contribution in [3.63, 3.8) is 0 Å². The number of ether oxygens (including phenoxy) is 2. The van der Waals surface area contributed by atoms with Crippen molar-refractivity contribution in [1.29, 1.82) is 0 Å². The zero-order valence-electron chi connectivity index (χ0n) is 8.59. The molecule has 0 heterocycles. The van der Waals surface area contributed by atoms with Crippen LogP contribution in [0.3, 0.4) is 0 Å². The van der Waals surface area contributed by atoms with Crippen molar-refractivity contribution in [2.45, 2.75) is 46.6 Å². The van der Waals surface area contributed by atoms with Gasteiger partial charge in [-0.2, -0.15) is 0 Å². The summed E-state index contributed by atoms with van der Waals surface area (Å²) in [7, 11) is 0. The minimum atomic E-state index is 0.284. The van der Waals surface area contributed by atoms with Crippen LogP contribution in [0, 0.1) is 0 Å². The monoisotopic (exact) mass is 172 g/mol. The first-order valence-corrected chi connectivity index (χ1v) is 4.65. The van der Waals surface area contributed by atoms with Crippen LogP contribution in [0.2, 0.25) is 0 Å². The fourth-order valence-corrected chi connectivity index (χ4v) is 0.723. The molecule has 0 aliphatic carbocycles. The molecule has 72 valence electrons. The first kappa shape index (κ1) is 11.3. The largest absolute Gasteiger partial charge is 0.498 e. The maximum absolute atomic E-state index is 5.48. The summed E-state index contributed by atoms with van der Waals surface area (Å²) in [5.41, 5.74) is 0. The number of hydrogen-bond donors (Lipinski definition) is 0. The minimum absolute atomic E-state index is 0.284. The molecule has 0 bridgehead atoms. The molecule has 0 spiro atoms. The summed E-state index contributed by atoms with van der Waals surface area (Å²) in [5, 5.41) is 0. The molecule has 1 unspecified atom stereocenters. The molecule has 2 nitrogen and oxygen atoms in total. The predicted molar refractivity (Wildman–Crippen MR) is 50.8 cm³/mol. The van der Waals surface area contributed by atoms with Crippen molar-refractivity contribution < 1.29 is 9.47 Å². The molecule has 0 aliphatic heterocycles. The van der Waals surface area contributed by atoms with Crippen LogP contribution in [0.25, 0.3) is 0 Å². The highest BCUT2D eigenvalue weighted by Gasteiger charge is 1.98. The van der Waals surface area contributed by atoms with Crippen LogP contribution in [-0.4, -0.2) is 12.7 Å². The average molecular weight is 172 g/mol. The van der Waals surface area contributed by atoms with Gasteiger partial charge in [0, 0.05) is 0 Å². The van der Waals surface area contributed by atoms with Gasteiger partial charge in [-0.05, 0) is 26.7 Å². The molecule has 12 heavy (non-hydrogen) atoms. The summed E-state index contributed by atoms with van der Waals surface area (Å²) in [6, 6.07) is 0. The number of rotatable bonds is 6. The lowest BCUT2D eigenvalue weighted by Crippen LogP contribution is -2.04. The first-order chi connectivity index (χ1) is 5.70. The second-order valence-corrected chi connectivity index (χ2v) is 2.94. The Hall–Kier alpha value is -0.660. The zero-order chi connectivity index (χ0) is 9.40. The lowest BCUT2D eigenvalue weighted by atomic mass is 10.3. The summed E-state index contributed by atoms with van der Waals surface area (Å²) in [4.78, 5) is 0. The van der Waals surface area contributed by atoms with Gasteiger partial charge in [-0.1, -0.05) is 13.8 Å². The molecule has 0 rings (SSSR count). The quantitative estimate of drug-likeness (QED) is 0.453. The smallest absolute Gasteiger partial charge is 0.128 e. The van der Waals surface area contributed by atoms with Crippen LogP contribution in [0.15, 0.2) is 12.0 Å². The van der Waals surface area contributed by atoms with Crippen LogP contribution in [0.5, 0.6) is 0 Å². The normalized spacial score (nSPS) is 14.2. The Morgan fingerprint density at radius 2 is 2.08 bits per heavy atom. The molecule has 0 aromatic carbocycles. The molecule has 0 saturated carbocycles. The fourth-order valence-electron chi connectivity index (χ4n) is 0.723. The molecule has 0 aromatic heterocycles. The van der Waals surface area contributed by atoms with Crippen LogP contribution in [0.1, 0.15) is 40.5 Å². The van der Waals surface area contributed by atoms with Crippen molar-refractivity contribution in [1.82, 2.24) is 0 Å². The molecular formula is C10H20O2. The summed E-state index contributed by atoms with van der Waals surface area (Å²) >= 11 is 0. The van der Waals surface area contributed by atoms with E-state index >= 15 is 0 Å². The zero-order valence-corrected chi connectivity index (χ0v) is 8.59. The van der Waals surface area contributed by atoms with E-state index in [2.05, 4.69) is 20.8 Å². The fraction of sp³-hybridized carbons (Fsp3) is 0.800. The van der Waals surface area contributed by atoms with Crippen LogP contribution in [0.4, 0.5) is 0 Å². The van der Waals surface area contributed by atoms with Crippen molar-refractivity contribution in [3.8, 4) is 0 Å². The van der Waals surface area contributed by atoms with Gasteiger partial charge in [0.2, 0.25) is 0 Å². The van der Waals surface area contributed by atoms with Crippen molar-refractivity contribution in [2.75, 3.05) is 6.61 Å². The van der Waals surface area contributed by atoms with E-state index in [1.165, 1.54) is 0 Å². The third kappa shape index (κ3) is 6.08. The summed E-state index contributed by atoms with van der Waals surface area (Å²) < 4.78 is 10.7. The lowest BCUT2D eigenvalue weighted by molar-refractivity contribution is 0.114. The second kappa shape index (κ2) is 7.01. The van der Waals surface area contributed by atoms with Crippen LogP contribution < -0.4 is 0 Å². The summed E-state index contributed by atoms with van der Waals surface area (Å²) in [5.74, 6) is 0.859. The van der Waals surface area contributed by atoms with Gasteiger partial charge in [-0.15, -0.1) is 0 Å². The van der Waals surface area contributed by atoms with Gasteiger partial charge in [0.25, 0.3) is 0 Å². The van der Waals surface area contributed by atoms with E-state index < -0.39 is 0 Å².